The van der Waals surface area contributed by atoms with Crippen LogP contribution in [0.15, 0.2) is 41.5 Å². The van der Waals surface area contributed by atoms with Crippen LogP contribution in [0.2, 0.25) is 5.15 Å². The van der Waals surface area contributed by atoms with Gasteiger partial charge in [0, 0.05) is 36.9 Å². The van der Waals surface area contributed by atoms with Gasteiger partial charge in [0.05, 0.1) is 30.1 Å². The quantitative estimate of drug-likeness (QED) is 0.458. The number of methoxy groups -OCH3 is 1. The number of hydrogen-bond donors (Lipinski definition) is 3. The molecular formula is C21H24ClN5O3. The van der Waals surface area contributed by atoms with Crippen molar-refractivity contribution in [2.24, 2.45) is 16.5 Å². The highest BCUT2D eigenvalue weighted by Gasteiger charge is 2.15. The SMILES string of the molecule is COc1c(Nc2cc(Cl)ncc2C(N)=O)cccc1/C(N)=C/C=NC1CCOCC1. The van der Waals surface area contributed by atoms with Crippen LogP contribution in [-0.2, 0) is 4.74 Å². The summed E-state index contributed by atoms with van der Waals surface area (Å²) < 4.78 is 10.9. The summed E-state index contributed by atoms with van der Waals surface area (Å²) >= 11 is 5.98. The summed E-state index contributed by atoms with van der Waals surface area (Å²) in [6, 6.07) is 7.23. The lowest BCUT2D eigenvalue weighted by atomic mass is 10.1. The number of allylic oxidation sites excluding steroid dienone is 1. The molecule has 0 aliphatic carbocycles. The van der Waals surface area contributed by atoms with Crippen molar-refractivity contribution in [1.29, 1.82) is 0 Å². The van der Waals surface area contributed by atoms with Gasteiger partial charge in [-0.1, -0.05) is 17.7 Å². The number of primary amides is 1. The van der Waals surface area contributed by atoms with Gasteiger partial charge in [0.25, 0.3) is 5.91 Å². The summed E-state index contributed by atoms with van der Waals surface area (Å²) in [7, 11) is 1.54. The number of ether oxygens (including phenoxy) is 2. The van der Waals surface area contributed by atoms with E-state index in [1.54, 1.807) is 25.5 Å². The van der Waals surface area contributed by atoms with Crippen LogP contribution in [0.25, 0.3) is 5.70 Å². The van der Waals surface area contributed by atoms with E-state index in [2.05, 4.69) is 15.3 Å². The first-order chi connectivity index (χ1) is 14.5. The molecule has 30 heavy (non-hydrogen) atoms. The number of pyridine rings is 1. The van der Waals surface area contributed by atoms with E-state index in [9.17, 15) is 4.79 Å². The molecule has 5 N–H and O–H groups in total. The highest BCUT2D eigenvalue weighted by Crippen LogP contribution is 2.35. The van der Waals surface area contributed by atoms with Crippen molar-refractivity contribution in [2.75, 3.05) is 25.6 Å². The maximum Gasteiger partial charge on any atom is 0.252 e. The molecule has 1 aromatic heterocycles. The van der Waals surface area contributed by atoms with Gasteiger partial charge in [-0.15, -0.1) is 0 Å². The fraction of sp³-hybridized carbons (Fsp3) is 0.286. The molecule has 0 radical (unpaired) electrons. The minimum atomic E-state index is -0.625. The van der Waals surface area contributed by atoms with Crippen molar-refractivity contribution in [3.8, 4) is 5.75 Å². The van der Waals surface area contributed by atoms with Crippen LogP contribution in [0.5, 0.6) is 5.75 Å². The van der Waals surface area contributed by atoms with Gasteiger partial charge in [-0.3, -0.25) is 9.79 Å². The Morgan fingerprint density at radius 1 is 1.30 bits per heavy atom. The molecule has 3 rings (SSSR count). The van der Waals surface area contributed by atoms with Gasteiger partial charge in [0.1, 0.15) is 5.15 Å². The molecule has 2 aromatic rings. The van der Waals surface area contributed by atoms with Gasteiger partial charge in [-0.25, -0.2) is 4.98 Å². The number of amides is 1. The average Bonchev–Trinajstić information content (AvgIpc) is 2.74. The van der Waals surface area contributed by atoms with Crippen LogP contribution < -0.4 is 21.5 Å². The number of hydrogen-bond acceptors (Lipinski definition) is 7. The van der Waals surface area contributed by atoms with Gasteiger partial charge < -0.3 is 26.3 Å². The number of aliphatic imine (C=N–C) groups is 1. The Balaban J connectivity index is 1.87. The van der Waals surface area contributed by atoms with Crippen molar-refractivity contribution in [1.82, 2.24) is 4.98 Å². The third kappa shape index (κ3) is 5.28. The van der Waals surface area contributed by atoms with Crippen molar-refractivity contribution in [3.05, 3.63) is 52.8 Å². The van der Waals surface area contributed by atoms with Gasteiger partial charge >= 0.3 is 0 Å². The number of para-hydroxylation sites is 1. The molecule has 0 unspecified atom stereocenters. The van der Waals surface area contributed by atoms with Crippen molar-refractivity contribution < 1.29 is 14.3 Å². The lowest BCUT2D eigenvalue weighted by molar-refractivity contribution is 0.0872. The molecule has 0 bridgehead atoms. The van der Waals surface area contributed by atoms with Crippen molar-refractivity contribution in [2.45, 2.75) is 18.9 Å². The Morgan fingerprint density at radius 3 is 2.77 bits per heavy atom. The average molecular weight is 430 g/mol. The summed E-state index contributed by atoms with van der Waals surface area (Å²) in [6.07, 6.45) is 6.60. The molecule has 1 aliphatic heterocycles. The number of benzene rings is 1. The summed E-state index contributed by atoms with van der Waals surface area (Å²) in [5, 5.41) is 3.36. The molecule has 1 amide bonds. The minimum absolute atomic E-state index is 0.207. The summed E-state index contributed by atoms with van der Waals surface area (Å²) in [4.78, 5) is 20.2. The van der Waals surface area contributed by atoms with Gasteiger partial charge in [0.2, 0.25) is 0 Å². The number of halogens is 1. The number of aromatic nitrogens is 1. The predicted octanol–water partition coefficient (Wildman–Crippen LogP) is 3.14. The third-order valence-electron chi connectivity index (χ3n) is 4.68. The number of nitrogens with one attached hydrogen (secondary N) is 1. The van der Waals surface area contributed by atoms with E-state index >= 15 is 0 Å². The molecule has 1 aliphatic rings. The zero-order chi connectivity index (χ0) is 21.5. The number of carbonyl (C=O) groups excluding carboxylic acids is 1. The Labute approximate surface area is 179 Å². The second kappa shape index (κ2) is 10.1. The van der Waals surface area contributed by atoms with Crippen LogP contribution in [-0.4, -0.2) is 43.5 Å². The summed E-state index contributed by atoms with van der Waals surface area (Å²) in [5.41, 5.74) is 14.1. The molecule has 0 saturated carbocycles. The van der Waals surface area contributed by atoms with Crippen molar-refractivity contribution >= 4 is 40.8 Å². The lowest BCUT2D eigenvalue weighted by Gasteiger charge is -2.18. The minimum Gasteiger partial charge on any atom is -0.494 e. The molecular weight excluding hydrogens is 406 g/mol. The van der Waals surface area contributed by atoms with E-state index in [4.69, 9.17) is 32.5 Å². The highest BCUT2D eigenvalue weighted by atomic mass is 35.5. The molecule has 2 heterocycles. The maximum absolute atomic E-state index is 11.7. The molecule has 0 spiro atoms. The largest absolute Gasteiger partial charge is 0.494 e. The number of nitrogens with two attached hydrogens (primary N) is 2. The van der Waals surface area contributed by atoms with Crippen LogP contribution in [0.3, 0.4) is 0 Å². The van der Waals surface area contributed by atoms with E-state index < -0.39 is 5.91 Å². The zero-order valence-electron chi connectivity index (χ0n) is 16.6. The predicted molar refractivity (Wildman–Crippen MR) is 119 cm³/mol. The molecule has 8 nitrogen and oxygen atoms in total. The monoisotopic (exact) mass is 429 g/mol. The fourth-order valence-corrected chi connectivity index (χ4v) is 3.28. The maximum atomic E-state index is 11.7. The molecule has 1 saturated heterocycles. The number of anilines is 2. The Kier molecular flexibility index (Phi) is 7.26. The van der Waals surface area contributed by atoms with Crippen LogP contribution in [0.1, 0.15) is 28.8 Å². The molecule has 1 fully saturated rings. The van der Waals surface area contributed by atoms with Crippen LogP contribution in [0.4, 0.5) is 11.4 Å². The third-order valence-corrected chi connectivity index (χ3v) is 4.88. The lowest BCUT2D eigenvalue weighted by Crippen LogP contribution is -2.18. The van der Waals surface area contributed by atoms with E-state index in [0.29, 0.717) is 28.4 Å². The smallest absolute Gasteiger partial charge is 0.252 e. The van der Waals surface area contributed by atoms with Gasteiger partial charge in [-0.05, 0) is 37.1 Å². The van der Waals surface area contributed by atoms with E-state index in [0.717, 1.165) is 26.1 Å². The first-order valence-electron chi connectivity index (χ1n) is 9.46. The van der Waals surface area contributed by atoms with Crippen molar-refractivity contribution in [3.63, 3.8) is 0 Å². The number of nitrogens with zero attached hydrogens (tertiary/aromatic N) is 2. The Morgan fingerprint density at radius 2 is 2.07 bits per heavy atom. The standard InChI is InChI=1S/C21H24ClN5O3/c1-29-20-14(16(23)5-8-25-13-6-9-30-10-7-13)3-2-4-17(20)27-18-11-19(22)26-12-15(18)21(24)28/h2-5,8,11-13H,6-7,9-10,23H2,1H3,(H2,24,28)(H,26,27)/b16-5-,25-8?. The van der Waals surface area contributed by atoms with E-state index in [1.807, 2.05) is 12.1 Å². The fourth-order valence-electron chi connectivity index (χ4n) is 3.13. The molecule has 1 aromatic carbocycles. The van der Waals surface area contributed by atoms with Gasteiger partial charge in [-0.2, -0.15) is 0 Å². The Hall–Kier alpha value is -3.10. The molecule has 158 valence electrons. The molecule has 9 heteroatoms. The normalized spacial score (nSPS) is 15.3. The van der Waals surface area contributed by atoms with Gasteiger partial charge in [0.15, 0.2) is 5.75 Å². The summed E-state index contributed by atoms with van der Waals surface area (Å²) in [6.45, 7) is 1.46. The first-order valence-corrected chi connectivity index (χ1v) is 9.83. The summed E-state index contributed by atoms with van der Waals surface area (Å²) in [5.74, 6) is -0.116. The number of rotatable bonds is 7. The van der Waals surface area contributed by atoms with E-state index in [1.165, 1.54) is 12.3 Å². The van der Waals surface area contributed by atoms with Crippen LogP contribution in [0, 0.1) is 0 Å². The zero-order valence-corrected chi connectivity index (χ0v) is 17.4. The number of carbonyl (C=O) groups is 1. The first kappa shape index (κ1) is 21.6. The second-order valence-corrected chi connectivity index (χ2v) is 7.08. The topological polar surface area (TPSA) is 125 Å². The van der Waals surface area contributed by atoms with E-state index in [-0.39, 0.29) is 16.8 Å². The Bertz CT molecular complexity index is 971. The second-order valence-electron chi connectivity index (χ2n) is 6.69. The molecule has 0 atom stereocenters. The highest BCUT2D eigenvalue weighted by molar-refractivity contribution is 6.29. The van der Waals surface area contributed by atoms with Crippen LogP contribution >= 0.6 is 11.6 Å².